The average Bonchev–Trinajstić information content (AvgIpc) is 3.27. The van der Waals surface area contributed by atoms with E-state index in [-0.39, 0.29) is 31.1 Å². The fraction of sp³-hybridized carbons (Fsp3) is 0.947. The molecule has 63 heavy (non-hydrogen) atoms. The molecule has 0 spiro atoms. The van der Waals surface area contributed by atoms with Gasteiger partial charge in [0.1, 0.15) is 13.2 Å². The molecule has 1 unspecified atom stereocenters. The Labute approximate surface area is 393 Å². The van der Waals surface area contributed by atoms with E-state index in [0.717, 1.165) is 69.6 Å². The van der Waals surface area contributed by atoms with Crippen LogP contribution in [-0.4, -0.2) is 37.2 Å². The number of hydrogen-bond acceptors (Lipinski definition) is 6. The van der Waals surface area contributed by atoms with Crippen LogP contribution in [-0.2, 0) is 28.6 Å². The van der Waals surface area contributed by atoms with E-state index in [1.54, 1.807) is 0 Å². The first-order valence-electron chi connectivity index (χ1n) is 28.3. The first kappa shape index (κ1) is 61.4. The molecular formula is C57H110O6. The first-order valence-corrected chi connectivity index (χ1v) is 28.3. The van der Waals surface area contributed by atoms with Crippen LogP contribution < -0.4 is 0 Å². The van der Waals surface area contributed by atoms with Crippen molar-refractivity contribution in [1.82, 2.24) is 0 Å². The van der Waals surface area contributed by atoms with E-state index in [2.05, 4.69) is 34.6 Å². The van der Waals surface area contributed by atoms with Gasteiger partial charge in [0.15, 0.2) is 6.10 Å². The summed E-state index contributed by atoms with van der Waals surface area (Å²) in [6.07, 6.45) is 52.3. The van der Waals surface area contributed by atoms with Crippen molar-refractivity contribution in [2.24, 2.45) is 11.8 Å². The third kappa shape index (κ3) is 49.7. The lowest BCUT2D eigenvalue weighted by atomic mass is 9.99. The Morgan fingerprint density at radius 3 is 0.905 bits per heavy atom. The Morgan fingerprint density at radius 2 is 0.603 bits per heavy atom. The summed E-state index contributed by atoms with van der Waals surface area (Å²) in [6, 6.07) is 0. The van der Waals surface area contributed by atoms with Gasteiger partial charge in [-0.3, -0.25) is 14.4 Å². The summed E-state index contributed by atoms with van der Waals surface area (Å²) < 4.78 is 16.9. The van der Waals surface area contributed by atoms with Crippen molar-refractivity contribution in [3.05, 3.63) is 0 Å². The van der Waals surface area contributed by atoms with Gasteiger partial charge in [-0.05, 0) is 31.1 Å². The fourth-order valence-corrected chi connectivity index (χ4v) is 8.66. The van der Waals surface area contributed by atoms with Crippen LogP contribution in [0.15, 0.2) is 0 Å². The number of carbonyl (C=O) groups excluding carboxylic acids is 3. The second-order valence-corrected chi connectivity index (χ2v) is 20.3. The number of unbranched alkanes of at least 4 members (excludes halogenated alkanes) is 35. The monoisotopic (exact) mass is 891 g/mol. The Kier molecular flexibility index (Phi) is 48.6. The number of ether oxygens (including phenoxy) is 3. The van der Waals surface area contributed by atoms with Crippen molar-refractivity contribution < 1.29 is 28.6 Å². The molecule has 0 heterocycles. The van der Waals surface area contributed by atoms with Gasteiger partial charge in [-0.25, -0.2) is 0 Å². The zero-order valence-electron chi connectivity index (χ0n) is 43.2. The summed E-state index contributed by atoms with van der Waals surface area (Å²) in [5.41, 5.74) is 0. The second-order valence-electron chi connectivity index (χ2n) is 20.3. The molecule has 0 N–H and O–H groups in total. The van der Waals surface area contributed by atoms with E-state index in [1.807, 2.05) is 0 Å². The summed E-state index contributed by atoms with van der Waals surface area (Å²) in [5.74, 6) is 0.841. The highest BCUT2D eigenvalue weighted by Crippen LogP contribution is 2.18. The molecule has 0 aromatic rings. The highest BCUT2D eigenvalue weighted by atomic mass is 16.6. The molecule has 0 aromatic heterocycles. The highest BCUT2D eigenvalue weighted by Gasteiger charge is 2.19. The Hall–Kier alpha value is -1.59. The van der Waals surface area contributed by atoms with Gasteiger partial charge < -0.3 is 14.2 Å². The summed E-state index contributed by atoms with van der Waals surface area (Å²) in [5, 5.41) is 0. The molecule has 0 aromatic carbocycles. The van der Waals surface area contributed by atoms with E-state index in [4.69, 9.17) is 14.2 Å². The maximum absolute atomic E-state index is 12.8. The molecule has 374 valence electrons. The minimum atomic E-state index is -0.763. The van der Waals surface area contributed by atoms with Gasteiger partial charge in [-0.15, -0.1) is 0 Å². The molecule has 0 aliphatic heterocycles. The standard InChI is InChI=1S/C57H110O6/c1-6-8-9-10-11-12-13-14-15-16-17-20-23-26-32-37-42-47-55(58)61-50-54(63-57(60)49-44-39-34-29-28-31-36-41-46-53(5)7-2)51-62-56(59)48-43-38-33-27-24-21-18-19-22-25-30-35-40-45-52(3)4/h52-54H,6-51H2,1-5H3/t53?,54-/m1/s1. The third-order valence-corrected chi connectivity index (χ3v) is 13.3. The van der Waals surface area contributed by atoms with E-state index in [0.29, 0.717) is 19.3 Å². The van der Waals surface area contributed by atoms with E-state index >= 15 is 0 Å². The van der Waals surface area contributed by atoms with Crippen LogP contribution >= 0.6 is 0 Å². The minimum absolute atomic E-state index is 0.0633. The second kappa shape index (κ2) is 49.8. The van der Waals surface area contributed by atoms with Crippen molar-refractivity contribution in [1.29, 1.82) is 0 Å². The lowest BCUT2D eigenvalue weighted by Crippen LogP contribution is -2.30. The molecule has 2 atom stereocenters. The van der Waals surface area contributed by atoms with Crippen LogP contribution in [0.2, 0.25) is 0 Å². The summed E-state index contributed by atoms with van der Waals surface area (Å²) in [7, 11) is 0. The molecule has 0 fully saturated rings. The molecule has 0 saturated carbocycles. The summed E-state index contributed by atoms with van der Waals surface area (Å²) in [4.78, 5) is 38.1. The molecule has 0 amide bonds. The summed E-state index contributed by atoms with van der Waals surface area (Å²) >= 11 is 0. The lowest BCUT2D eigenvalue weighted by molar-refractivity contribution is -0.167. The minimum Gasteiger partial charge on any atom is -0.462 e. The zero-order chi connectivity index (χ0) is 46.1. The molecule has 0 saturated heterocycles. The molecule has 0 aliphatic carbocycles. The van der Waals surface area contributed by atoms with Crippen molar-refractivity contribution >= 4 is 17.9 Å². The summed E-state index contributed by atoms with van der Waals surface area (Å²) in [6.45, 7) is 11.4. The fourth-order valence-electron chi connectivity index (χ4n) is 8.66. The van der Waals surface area contributed by atoms with E-state index in [9.17, 15) is 14.4 Å². The van der Waals surface area contributed by atoms with Gasteiger partial charge in [0, 0.05) is 19.3 Å². The molecule has 0 rings (SSSR count). The number of carbonyl (C=O) groups is 3. The molecule has 0 aliphatic rings. The van der Waals surface area contributed by atoms with Crippen LogP contribution in [0.1, 0.15) is 317 Å². The average molecular weight is 892 g/mol. The van der Waals surface area contributed by atoms with Crippen molar-refractivity contribution in [3.8, 4) is 0 Å². The third-order valence-electron chi connectivity index (χ3n) is 13.3. The van der Waals surface area contributed by atoms with Crippen molar-refractivity contribution in [2.45, 2.75) is 323 Å². The lowest BCUT2D eigenvalue weighted by Gasteiger charge is -2.18. The molecule has 0 bridgehead atoms. The highest BCUT2D eigenvalue weighted by molar-refractivity contribution is 5.71. The van der Waals surface area contributed by atoms with E-state index in [1.165, 1.54) is 205 Å². The Bertz CT molecular complexity index is 964. The smallest absolute Gasteiger partial charge is 0.306 e. The SMILES string of the molecule is CCCCCCCCCCCCCCCCCCCC(=O)OC[C@H](COC(=O)CCCCCCCCCCCCCCCC(C)C)OC(=O)CCCCCCCCCCC(C)CC. The predicted octanol–water partition coefficient (Wildman–Crippen LogP) is 18.5. The maximum Gasteiger partial charge on any atom is 0.306 e. The van der Waals surface area contributed by atoms with Crippen LogP contribution in [0.3, 0.4) is 0 Å². The van der Waals surface area contributed by atoms with Gasteiger partial charge in [0.2, 0.25) is 0 Å². The van der Waals surface area contributed by atoms with Gasteiger partial charge in [-0.1, -0.05) is 279 Å². The van der Waals surface area contributed by atoms with Crippen molar-refractivity contribution in [2.75, 3.05) is 13.2 Å². The van der Waals surface area contributed by atoms with Crippen LogP contribution in [0.4, 0.5) is 0 Å². The Balaban J connectivity index is 4.28. The van der Waals surface area contributed by atoms with Gasteiger partial charge >= 0.3 is 17.9 Å². The van der Waals surface area contributed by atoms with Gasteiger partial charge in [-0.2, -0.15) is 0 Å². The van der Waals surface area contributed by atoms with E-state index < -0.39 is 6.10 Å². The normalized spacial score (nSPS) is 12.5. The molecule has 6 nitrogen and oxygen atoms in total. The van der Waals surface area contributed by atoms with Crippen LogP contribution in [0.25, 0.3) is 0 Å². The predicted molar refractivity (Wildman–Crippen MR) is 270 cm³/mol. The molecule has 6 heteroatoms. The first-order chi connectivity index (χ1) is 30.8. The maximum atomic E-state index is 12.8. The van der Waals surface area contributed by atoms with Crippen molar-refractivity contribution in [3.63, 3.8) is 0 Å². The molecular weight excluding hydrogens is 781 g/mol. The van der Waals surface area contributed by atoms with Gasteiger partial charge in [0.25, 0.3) is 0 Å². The number of esters is 3. The van der Waals surface area contributed by atoms with Crippen LogP contribution in [0.5, 0.6) is 0 Å². The molecule has 0 radical (unpaired) electrons. The van der Waals surface area contributed by atoms with Crippen LogP contribution in [0, 0.1) is 11.8 Å². The van der Waals surface area contributed by atoms with Gasteiger partial charge in [0.05, 0.1) is 0 Å². The zero-order valence-corrected chi connectivity index (χ0v) is 43.2. The number of hydrogen-bond donors (Lipinski definition) is 0. The quantitative estimate of drug-likeness (QED) is 0.0344. The number of rotatable bonds is 51. The topological polar surface area (TPSA) is 78.9 Å². The largest absolute Gasteiger partial charge is 0.462 e. The Morgan fingerprint density at radius 1 is 0.333 bits per heavy atom.